The van der Waals surface area contributed by atoms with Gasteiger partial charge in [-0.25, -0.2) is 4.39 Å². The molecule has 0 bridgehead atoms. The monoisotopic (exact) mass is 338 g/mol. The average Bonchev–Trinajstić information content (AvgIpc) is 3.07. The number of benzene rings is 1. The minimum absolute atomic E-state index is 0.119. The third-order valence-electron chi connectivity index (χ3n) is 4.44. The fraction of sp³-hybridized carbons (Fsp3) is 0.263. The molecule has 5 nitrogen and oxygen atoms in total. The van der Waals surface area contributed by atoms with Crippen LogP contribution < -0.4 is 10.1 Å². The van der Waals surface area contributed by atoms with Gasteiger partial charge in [-0.15, -0.1) is 0 Å². The molecule has 1 aliphatic heterocycles. The number of hydrogen-bond donors (Lipinski definition) is 1. The van der Waals surface area contributed by atoms with E-state index in [9.17, 15) is 4.39 Å². The third kappa shape index (κ3) is 3.25. The lowest BCUT2D eigenvalue weighted by atomic mass is 9.97. The molecular weight excluding hydrogens is 319 g/mol. The van der Waals surface area contributed by atoms with Crippen molar-refractivity contribution in [3.63, 3.8) is 0 Å². The van der Waals surface area contributed by atoms with E-state index in [1.165, 1.54) is 6.07 Å². The van der Waals surface area contributed by atoms with Crippen molar-refractivity contribution in [3.8, 4) is 16.9 Å². The number of halogens is 1. The topological polar surface area (TPSA) is 52.0 Å². The number of fused-ring (bicyclic) bond motifs is 1. The van der Waals surface area contributed by atoms with Crippen molar-refractivity contribution in [1.82, 2.24) is 20.1 Å². The molecule has 3 aromatic rings. The summed E-state index contributed by atoms with van der Waals surface area (Å²) in [7, 11) is 1.90. The summed E-state index contributed by atoms with van der Waals surface area (Å²) in [4.78, 5) is 4.10. The Bertz CT molecular complexity index is 893. The van der Waals surface area contributed by atoms with Crippen LogP contribution in [-0.4, -0.2) is 21.4 Å². The van der Waals surface area contributed by atoms with Crippen molar-refractivity contribution in [2.75, 3.05) is 6.61 Å². The number of nitrogens with one attached hydrogen (secondary N) is 1. The zero-order valence-corrected chi connectivity index (χ0v) is 13.9. The smallest absolute Gasteiger partial charge is 0.146 e. The van der Waals surface area contributed by atoms with E-state index in [-0.39, 0.29) is 11.9 Å². The van der Waals surface area contributed by atoms with Gasteiger partial charge in [-0.1, -0.05) is 12.1 Å². The van der Waals surface area contributed by atoms with Crippen LogP contribution in [0.25, 0.3) is 11.1 Å². The molecule has 0 spiro atoms. The zero-order valence-electron chi connectivity index (χ0n) is 13.9. The Morgan fingerprint density at radius 1 is 1.32 bits per heavy atom. The summed E-state index contributed by atoms with van der Waals surface area (Å²) in [6.45, 7) is 1.02. The fourth-order valence-electron chi connectivity index (χ4n) is 3.12. The number of pyridine rings is 1. The zero-order chi connectivity index (χ0) is 17.2. The molecule has 1 unspecified atom stereocenters. The number of aromatic nitrogens is 3. The highest BCUT2D eigenvalue weighted by Crippen LogP contribution is 2.35. The molecule has 0 radical (unpaired) electrons. The van der Waals surface area contributed by atoms with E-state index in [4.69, 9.17) is 4.74 Å². The lowest BCUT2D eigenvalue weighted by molar-refractivity contribution is 0.251. The number of ether oxygens (including phenoxy) is 1. The highest BCUT2D eigenvalue weighted by atomic mass is 19.1. The van der Waals surface area contributed by atoms with Gasteiger partial charge in [0.1, 0.15) is 11.6 Å². The van der Waals surface area contributed by atoms with Gasteiger partial charge in [0.25, 0.3) is 0 Å². The van der Waals surface area contributed by atoms with E-state index in [1.807, 2.05) is 25.5 Å². The van der Waals surface area contributed by atoms with Crippen LogP contribution in [0.1, 0.15) is 23.7 Å². The first-order valence-electron chi connectivity index (χ1n) is 8.29. The van der Waals surface area contributed by atoms with E-state index in [2.05, 4.69) is 27.5 Å². The molecule has 2 aromatic heterocycles. The standard InChI is InChI=1S/C19H19FN4O/c1-24-12-14(10-23-24)13-4-5-15-17(6-8-25-19(15)9-13)22-11-18-16(20)3-2-7-21-18/h2-5,7,9-10,12,17,22H,6,8,11H2,1H3. The highest BCUT2D eigenvalue weighted by Gasteiger charge is 2.22. The largest absolute Gasteiger partial charge is 0.493 e. The van der Waals surface area contributed by atoms with Gasteiger partial charge in [-0.05, 0) is 23.8 Å². The molecule has 1 aliphatic rings. The molecular formula is C19H19FN4O. The van der Waals surface area contributed by atoms with E-state index < -0.39 is 0 Å². The molecule has 1 aromatic carbocycles. The van der Waals surface area contributed by atoms with Crippen LogP contribution in [-0.2, 0) is 13.6 Å². The first-order chi connectivity index (χ1) is 12.2. The van der Waals surface area contributed by atoms with E-state index in [0.717, 1.165) is 28.9 Å². The van der Waals surface area contributed by atoms with E-state index in [1.54, 1.807) is 16.9 Å². The molecule has 0 fully saturated rings. The highest BCUT2D eigenvalue weighted by molar-refractivity contribution is 5.65. The third-order valence-corrected chi connectivity index (χ3v) is 4.44. The first kappa shape index (κ1) is 15.8. The van der Waals surface area contributed by atoms with Crippen molar-refractivity contribution >= 4 is 0 Å². The summed E-state index contributed by atoms with van der Waals surface area (Å²) >= 11 is 0. The molecule has 25 heavy (non-hydrogen) atoms. The molecule has 4 rings (SSSR count). The Balaban J connectivity index is 1.55. The molecule has 128 valence electrons. The van der Waals surface area contributed by atoms with Crippen molar-refractivity contribution in [2.24, 2.45) is 7.05 Å². The van der Waals surface area contributed by atoms with Gasteiger partial charge in [0.15, 0.2) is 0 Å². The predicted octanol–water partition coefficient (Wildman–Crippen LogP) is 3.23. The summed E-state index contributed by atoms with van der Waals surface area (Å²) in [5, 5.41) is 7.61. The number of rotatable bonds is 4. The van der Waals surface area contributed by atoms with Gasteiger partial charge in [-0.2, -0.15) is 5.10 Å². The van der Waals surface area contributed by atoms with Crippen molar-refractivity contribution in [1.29, 1.82) is 0 Å². The van der Waals surface area contributed by atoms with Gasteiger partial charge in [0, 0.05) is 49.6 Å². The molecule has 3 heterocycles. The molecule has 0 saturated heterocycles. The fourth-order valence-corrected chi connectivity index (χ4v) is 3.12. The minimum Gasteiger partial charge on any atom is -0.493 e. The van der Waals surface area contributed by atoms with Crippen LogP contribution in [0, 0.1) is 5.82 Å². The second kappa shape index (κ2) is 6.64. The lowest BCUT2D eigenvalue weighted by Gasteiger charge is -2.27. The summed E-state index contributed by atoms with van der Waals surface area (Å²) in [5.74, 6) is 0.584. The van der Waals surface area contributed by atoms with Crippen LogP contribution in [0.3, 0.4) is 0 Å². The maximum Gasteiger partial charge on any atom is 0.146 e. The molecule has 0 saturated carbocycles. The minimum atomic E-state index is -0.283. The SMILES string of the molecule is Cn1cc(-c2ccc3c(c2)OCCC3NCc2ncccc2F)cn1. The predicted molar refractivity (Wildman–Crippen MR) is 92.5 cm³/mol. The number of nitrogens with zero attached hydrogens (tertiary/aromatic N) is 3. The van der Waals surface area contributed by atoms with Gasteiger partial charge in [0.05, 0.1) is 18.5 Å². The van der Waals surface area contributed by atoms with Gasteiger partial charge >= 0.3 is 0 Å². The Morgan fingerprint density at radius 2 is 2.24 bits per heavy atom. The van der Waals surface area contributed by atoms with Crippen LogP contribution >= 0.6 is 0 Å². The Kier molecular flexibility index (Phi) is 4.19. The molecule has 0 aliphatic carbocycles. The second-order valence-electron chi connectivity index (χ2n) is 6.16. The lowest BCUT2D eigenvalue weighted by Crippen LogP contribution is -2.27. The first-order valence-corrected chi connectivity index (χ1v) is 8.29. The van der Waals surface area contributed by atoms with E-state index in [0.29, 0.717) is 18.8 Å². The van der Waals surface area contributed by atoms with Gasteiger partial charge in [-0.3, -0.25) is 9.67 Å². The maximum absolute atomic E-state index is 13.7. The Hall–Kier alpha value is -2.73. The summed E-state index contributed by atoms with van der Waals surface area (Å²) < 4.78 is 21.4. The van der Waals surface area contributed by atoms with Crippen molar-refractivity contribution < 1.29 is 9.13 Å². The summed E-state index contributed by atoms with van der Waals surface area (Å²) in [6, 6.07) is 9.34. The van der Waals surface area contributed by atoms with Crippen LogP contribution in [0.15, 0.2) is 48.9 Å². The molecule has 0 amide bonds. The average molecular weight is 338 g/mol. The molecule has 6 heteroatoms. The van der Waals surface area contributed by atoms with Crippen LogP contribution in [0.5, 0.6) is 5.75 Å². The summed E-state index contributed by atoms with van der Waals surface area (Å²) in [5.41, 5.74) is 3.65. The molecule has 1 N–H and O–H groups in total. The van der Waals surface area contributed by atoms with Crippen molar-refractivity contribution in [2.45, 2.75) is 19.0 Å². The number of hydrogen-bond acceptors (Lipinski definition) is 4. The van der Waals surface area contributed by atoms with E-state index >= 15 is 0 Å². The van der Waals surface area contributed by atoms with Gasteiger partial charge in [0.2, 0.25) is 0 Å². The summed E-state index contributed by atoms with van der Waals surface area (Å²) in [6.07, 6.45) is 6.26. The quantitative estimate of drug-likeness (QED) is 0.793. The van der Waals surface area contributed by atoms with Crippen molar-refractivity contribution in [3.05, 3.63) is 66.0 Å². The Morgan fingerprint density at radius 3 is 3.04 bits per heavy atom. The number of aryl methyl sites for hydroxylation is 1. The molecule has 1 atom stereocenters. The van der Waals surface area contributed by atoms with Crippen LogP contribution in [0.2, 0.25) is 0 Å². The van der Waals surface area contributed by atoms with Crippen LogP contribution in [0.4, 0.5) is 4.39 Å². The normalized spacial score (nSPS) is 16.3. The Labute approximate surface area is 145 Å². The second-order valence-corrected chi connectivity index (χ2v) is 6.16. The maximum atomic E-state index is 13.7. The van der Waals surface area contributed by atoms with Gasteiger partial charge < -0.3 is 10.1 Å².